The summed E-state index contributed by atoms with van der Waals surface area (Å²) in [5, 5.41) is 16.2. The Bertz CT molecular complexity index is 269. The van der Waals surface area contributed by atoms with E-state index in [9.17, 15) is 5.11 Å². The molecule has 1 atom stereocenters. The second-order valence-corrected chi connectivity index (χ2v) is 2.74. The van der Waals surface area contributed by atoms with Crippen molar-refractivity contribution in [2.75, 3.05) is 7.11 Å². The second kappa shape index (κ2) is 4.74. The van der Waals surface area contributed by atoms with Crippen molar-refractivity contribution < 1.29 is 9.84 Å². The molecule has 1 unspecified atom stereocenters. The molecule has 0 radical (unpaired) electrons. The molecule has 0 aliphatic rings. The molecule has 0 aliphatic heterocycles. The van der Waals surface area contributed by atoms with Crippen LogP contribution in [-0.2, 0) is 11.2 Å². The number of methoxy groups -OCH3 is 1. The highest BCUT2D eigenvalue weighted by atomic mass is 16.6. The standard InChI is InChI=1S/C10H13NO2/c1-13-10(12)9-4-2-8(3-5-9)6-7-11/h2-5,7,10-12H,6H2,1H3. The molecule has 1 aromatic rings. The van der Waals surface area contributed by atoms with Gasteiger partial charge in [-0.2, -0.15) is 0 Å². The maximum Gasteiger partial charge on any atom is 0.180 e. The lowest BCUT2D eigenvalue weighted by atomic mass is 10.1. The molecular formula is C10H13NO2. The average molecular weight is 179 g/mol. The summed E-state index contributed by atoms with van der Waals surface area (Å²) in [6.07, 6.45) is 1.12. The number of aliphatic hydroxyl groups is 1. The van der Waals surface area contributed by atoms with Crippen LogP contribution in [0.5, 0.6) is 0 Å². The van der Waals surface area contributed by atoms with Crippen molar-refractivity contribution in [3.63, 3.8) is 0 Å². The van der Waals surface area contributed by atoms with E-state index in [2.05, 4.69) is 0 Å². The van der Waals surface area contributed by atoms with Crippen LogP contribution in [0.3, 0.4) is 0 Å². The van der Waals surface area contributed by atoms with Gasteiger partial charge in [-0.05, 0) is 11.8 Å². The van der Waals surface area contributed by atoms with Crippen LogP contribution in [-0.4, -0.2) is 18.4 Å². The first-order valence-electron chi connectivity index (χ1n) is 4.06. The van der Waals surface area contributed by atoms with Crippen molar-refractivity contribution in [2.45, 2.75) is 12.7 Å². The molecule has 0 spiro atoms. The lowest BCUT2D eigenvalue weighted by Gasteiger charge is -2.08. The van der Waals surface area contributed by atoms with Crippen molar-refractivity contribution in [1.82, 2.24) is 0 Å². The predicted octanol–water partition coefficient (Wildman–Crippen LogP) is 1.52. The zero-order valence-corrected chi connectivity index (χ0v) is 7.53. The summed E-state index contributed by atoms with van der Waals surface area (Å²) in [7, 11) is 1.45. The maximum atomic E-state index is 9.28. The molecule has 3 heteroatoms. The van der Waals surface area contributed by atoms with Gasteiger partial charge in [-0.3, -0.25) is 0 Å². The number of rotatable bonds is 4. The van der Waals surface area contributed by atoms with Gasteiger partial charge in [-0.25, -0.2) is 0 Å². The van der Waals surface area contributed by atoms with E-state index in [1.165, 1.54) is 13.3 Å². The van der Waals surface area contributed by atoms with Gasteiger partial charge in [-0.15, -0.1) is 0 Å². The number of benzene rings is 1. The summed E-state index contributed by atoms with van der Waals surface area (Å²) in [5.74, 6) is 0. The Balaban J connectivity index is 2.74. The predicted molar refractivity (Wildman–Crippen MR) is 50.9 cm³/mol. The molecule has 2 N–H and O–H groups in total. The zero-order valence-electron chi connectivity index (χ0n) is 7.53. The fourth-order valence-electron chi connectivity index (χ4n) is 1.07. The van der Waals surface area contributed by atoms with Gasteiger partial charge < -0.3 is 15.3 Å². The lowest BCUT2D eigenvalue weighted by molar-refractivity contribution is -0.0769. The first-order valence-corrected chi connectivity index (χ1v) is 4.06. The Morgan fingerprint density at radius 3 is 2.54 bits per heavy atom. The number of ether oxygens (including phenoxy) is 1. The minimum atomic E-state index is -0.853. The largest absolute Gasteiger partial charge is 0.364 e. The van der Waals surface area contributed by atoms with Gasteiger partial charge in [0.05, 0.1) is 0 Å². The molecular weight excluding hydrogens is 166 g/mol. The summed E-state index contributed by atoms with van der Waals surface area (Å²) < 4.78 is 4.75. The Morgan fingerprint density at radius 2 is 2.08 bits per heavy atom. The molecule has 0 saturated carbocycles. The minimum Gasteiger partial charge on any atom is -0.364 e. The van der Waals surface area contributed by atoms with Gasteiger partial charge in [0.1, 0.15) is 0 Å². The summed E-state index contributed by atoms with van der Waals surface area (Å²) >= 11 is 0. The minimum absolute atomic E-state index is 0.628. The molecule has 0 amide bonds. The van der Waals surface area contributed by atoms with Crippen molar-refractivity contribution >= 4 is 6.21 Å². The molecule has 70 valence electrons. The first-order chi connectivity index (χ1) is 6.27. The van der Waals surface area contributed by atoms with E-state index in [0.717, 1.165) is 11.1 Å². The SMILES string of the molecule is COC(O)c1ccc(CC=N)cc1. The van der Waals surface area contributed by atoms with Crippen LogP contribution in [0.4, 0.5) is 0 Å². The fourth-order valence-corrected chi connectivity index (χ4v) is 1.07. The fraction of sp³-hybridized carbons (Fsp3) is 0.300. The second-order valence-electron chi connectivity index (χ2n) is 2.74. The van der Waals surface area contributed by atoms with Gasteiger partial charge in [0.15, 0.2) is 6.29 Å². The third kappa shape index (κ3) is 2.65. The van der Waals surface area contributed by atoms with Crippen LogP contribution in [0, 0.1) is 5.41 Å². The van der Waals surface area contributed by atoms with Gasteiger partial charge in [0.2, 0.25) is 0 Å². The molecule has 0 saturated heterocycles. The average Bonchev–Trinajstić information content (AvgIpc) is 2.18. The molecule has 0 fully saturated rings. The molecule has 0 bridgehead atoms. The van der Waals surface area contributed by atoms with E-state index in [-0.39, 0.29) is 0 Å². The first kappa shape index (κ1) is 9.89. The number of hydrogen-bond donors (Lipinski definition) is 2. The van der Waals surface area contributed by atoms with Gasteiger partial charge in [0.25, 0.3) is 0 Å². The number of nitrogens with one attached hydrogen (secondary N) is 1. The summed E-state index contributed by atoms with van der Waals surface area (Å²) in [5.41, 5.74) is 1.79. The van der Waals surface area contributed by atoms with E-state index in [1.807, 2.05) is 12.1 Å². The molecule has 0 aliphatic carbocycles. The number of hydrogen-bond acceptors (Lipinski definition) is 3. The topological polar surface area (TPSA) is 53.3 Å². The Labute approximate surface area is 77.5 Å². The van der Waals surface area contributed by atoms with Gasteiger partial charge in [0, 0.05) is 19.1 Å². The summed E-state index contributed by atoms with van der Waals surface area (Å²) in [6.45, 7) is 0. The Hall–Kier alpha value is -1.19. The van der Waals surface area contributed by atoms with Crippen LogP contribution in [0.15, 0.2) is 24.3 Å². The van der Waals surface area contributed by atoms with E-state index >= 15 is 0 Å². The van der Waals surface area contributed by atoms with E-state index < -0.39 is 6.29 Å². The highest BCUT2D eigenvalue weighted by Gasteiger charge is 2.03. The van der Waals surface area contributed by atoms with Crippen molar-refractivity contribution in [3.8, 4) is 0 Å². The van der Waals surface area contributed by atoms with Gasteiger partial charge >= 0.3 is 0 Å². The third-order valence-corrected chi connectivity index (χ3v) is 1.83. The Kier molecular flexibility index (Phi) is 3.61. The van der Waals surface area contributed by atoms with E-state index in [4.69, 9.17) is 10.1 Å². The number of aliphatic hydroxyl groups excluding tert-OH is 1. The Morgan fingerprint density at radius 1 is 1.46 bits per heavy atom. The maximum absolute atomic E-state index is 9.28. The molecule has 1 rings (SSSR count). The zero-order chi connectivity index (χ0) is 9.68. The lowest BCUT2D eigenvalue weighted by Crippen LogP contribution is -1.99. The molecule has 0 aromatic heterocycles. The van der Waals surface area contributed by atoms with E-state index in [1.54, 1.807) is 12.1 Å². The normalized spacial score (nSPS) is 12.5. The summed E-state index contributed by atoms with van der Waals surface area (Å²) in [4.78, 5) is 0. The third-order valence-electron chi connectivity index (χ3n) is 1.83. The molecule has 1 aromatic carbocycles. The highest BCUT2D eigenvalue weighted by molar-refractivity contribution is 5.57. The van der Waals surface area contributed by atoms with Crippen LogP contribution in [0.2, 0.25) is 0 Å². The van der Waals surface area contributed by atoms with Crippen molar-refractivity contribution in [1.29, 1.82) is 5.41 Å². The highest BCUT2D eigenvalue weighted by Crippen LogP contribution is 2.13. The monoisotopic (exact) mass is 179 g/mol. The molecule has 13 heavy (non-hydrogen) atoms. The van der Waals surface area contributed by atoms with Crippen molar-refractivity contribution in [3.05, 3.63) is 35.4 Å². The van der Waals surface area contributed by atoms with Gasteiger partial charge in [-0.1, -0.05) is 24.3 Å². The van der Waals surface area contributed by atoms with Crippen LogP contribution < -0.4 is 0 Å². The van der Waals surface area contributed by atoms with E-state index in [0.29, 0.717) is 6.42 Å². The summed E-state index contributed by atoms with van der Waals surface area (Å²) in [6, 6.07) is 7.35. The van der Waals surface area contributed by atoms with Crippen LogP contribution in [0.25, 0.3) is 0 Å². The molecule has 0 heterocycles. The van der Waals surface area contributed by atoms with Crippen molar-refractivity contribution in [2.24, 2.45) is 0 Å². The van der Waals surface area contributed by atoms with Crippen LogP contribution in [0.1, 0.15) is 17.4 Å². The quantitative estimate of drug-likeness (QED) is 0.543. The molecule has 3 nitrogen and oxygen atoms in total. The van der Waals surface area contributed by atoms with Crippen LogP contribution >= 0.6 is 0 Å². The smallest absolute Gasteiger partial charge is 0.180 e.